The Kier molecular flexibility index (Phi) is 7.09. The van der Waals surface area contributed by atoms with Crippen LogP contribution in [0.2, 0.25) is 0 Å². The summed E-state index contributed by atoms with van der Waals surface area (Å²) in [6, 6.07) is 20.9. The third-order valence-corrected chi connectivity index (χ3v) is 7.34. The average Bonchev–Trinajstić information content (AvgIpc) is 2.90. The molecule has 39 heavy (non-hydrogen) atoms. The normalized spacial score (nSPS) is 11.5. The third-order valence-electron chi connectivity index (χ3n) is 5.99. The number of benzene rings is 3. The summed E-state index contributed by atoms with van der Waals surface area (Å²) in [6.45, 7) is 3.50. The van der Waals surface area contributed by atoms with E-state index in [4.69, 9.17) is 10.1 Å². The van der Waals surface area contributed by atoms with E-state index in [1.54, 1.807) is 44.2 Å². The van der Waals surface area contributed by atoms with E-state index < -0.39 is 10.0 Å². The van der Waals surface area contributed by atoms with E-state index in [0.29, 0.717) is 33.7 Å². The van der Waals surface area contributed by atoms with E-state index in [-0.39, 0.29) is 29.9 Å². The van der Waals surface area contributed by atoms with Crippen molar-refractivity contribution in [3.05, 3.63) is 89.7 Å². The van der Waals surface area contributed by atoms with Gasteiger partial charge in [0.2, 0.25) is 5.95 Å². The molecule has 0 saturated carbocycles. The highest BCUT2D eigenvalue weighted by atomic mass is 32.2. The SMILES string of the molecule is Cc1cc(C)nc(NS(=O)(=O)c2ccc(Nc3c4ccccc4nc4c(C(=O)NCCO)cccc34)cc2)n1. The number of hydrogen-bond donors (Lipinski definition) is 4. The summed E-state index contributed by atoms with van der Waals surface area (Å²) in [4.78, 5) is 25.9. The molecule has 0 saturated heterocycles. The van der Waals surface area contributed by atoms with Crippen LogP contribution >= 0.6 is 0 Å². The van der Waals surface area contributed by atoms with Crippen LogP contribution in [0.3, 0.4) is 0 Å². The summed E-state index contributed by atoms with van der Waals surface area (Å²) < 4.78 is 28.3. The van der Waals surface area contributed by atoms with Gasteiger partial charge in [-0.05, 0) is 56.3 Å². The number of anilines is 3. The molecular formula is C28H26N6O4S. The number of nitrogens with one attached hydrogen (secondary N) is 3. The van der Waals surface area contributed by atoms with Crippen molar-refractivity contribution in [2.45, 2.75) is 18.7 Å². The number of aromatic nitrogens is 3. The zero-order chi connectivity index (χ0) is 27.6. The number of fused-ring (bicyclic) bond motifs is 2. The summed E-state index contributed by atoms with van der Waals surface area (Å²) in [5.41, 5.74) is 4.26. The number of aliphatic hydroxyl groups is 1. The van der Waals surface area contributed by atoms with Crippen LogP contribution in [-0.2, 0) is 10.0 Å². The van der Waals surface area contributed by atoms with Crippen LogP contribution in [-0.4, -0.2) is 47.5 Å². The minimum Gasteiger partial charge on any atom is -0.395 e. The Labute approximate surface area is 225 Å². The van der Waals surface area contributed by atoms with Crippen molar-refractivity contribution in [3.8, 4) is 0 Å². The number of aliphatic hydroxyl groups excluding tert-OH is 1. The Bertz CT molecular complexity index is 1790. The molecule has 0 spiro atoms. The van der Waals surface area contributed by atoms with Crippen molar-refractivity contribution >= 4 is 55.1 Å². The van der Waals surface area contributed by atoms with Gasteiger partial charge in [0.1, 0.15) is 0 Å². The van der Waals surface area contributed by atoms with Crippen LogP contribution in [0, 0.1) is 13.8 Å². The lowest BCUT2D eigenvalue weighted by Gasteiger charge is -2.15. The monoisotopic (exact) mass is 542 g/mol. The lowest BCUT2D eigenvalue weighted by atomic mass is 10.0. The first kappa shape index (κ1) is 26.0. The summed E-state index contributed by atoms with van der Waals surface area (Å²) in [6.07, 6.45) is 0. The van der Waals surface area contributed by atoms with Crippen LogP contribution in [0.1, 0.15) is 21.7 Å². The number of carbonyl (C=O) groups is 1. The Morgan fingerprint density at radius 1 is 0.872 bits per heavy atom. The van der Waals surface area contributed by atoms with Gasteiger partial charge in [-0.15, -0.1) is 0 Å². The van der Waals surface area contributed by atoms with Crippen molar-refractivity contribution in [1.29, 1.82) is 0 Å². The molecule has 2 aromatic heterocycles. The number of nitrogens with zero attached hydrogens (tertiary/aromatic N) is 3. The maximum absolute atomic E-state index is 12.9. The molecule has 5 aromatic rings. The Morgan fingerprint density at radius 3 is 2.28 bits per heavy atom. The van der Waals surface area contributed by atoms with Gasteiger partial charge in [0.15, 0.2) is 0 Å². The van der Waals surface area contributed by atoms with E-state index in [1.807, 2.05) is 30.3 Å². The van der Waals surface area contributed by atoms with E-state index in [9.17, 15) is 13.2 Å². The molecule has 0 atom stereocenters. The van der Waals surface area contributed by atoms with Gasteiger partial charge in [0, 0.05) is 34.4 Å². The fourth-order valence-electron chi connectivity index (χ4n) is 4.31. The lowest BCUT2D eigenvalue weighted by molar-refractivity contribution is 0.0946. The summed E-state index contributed by atoms with van der Waals surface area (Å²) in [5.74, 6) is -0.318. The van der Waals surface area contributed by atoms with Crippen molar-refractivity contribution in [2.24, 2.45) is 0 Å². The molecule has 1 amide bonds. The van der Waals surface area contributed by atoms with Gasteiger partial charge in [-0.25, -0.2) is 28.1 Å². The number of rotatable bonds is 8. The molecule has 11 heteroatoms. The molecule has 10 nitrogen and oxygen atoms in total. The molecule has 0 fully saturated rings. The number of amides is 1. The van der Waals surface area contributed by atoms with Crippen LogP contribution in [0.5, 0.6) is 0 Å². The van der Waals surface area contributed by atoms with Crippen molar-refractivity contribution in [3.63, 3.8) is 0 Å². The zero-order valence-corrected chi connectivity index (χ0v) is 22.1. The second-order valence-corrected chi connectivity index (χ2v) is 10.6. The number of hydrogen-bond acceptors (Lipinski definition) is 8. The lowest BCUT2D eigenvalue weighted by Crippen LogP contribution is -2.26. The van der Waals surface area contributed by atoms with Crippen molar-refractivity contribution in [1.82, 2.24) is 20.3 Å². The first-order chi connectivity index (χ1) is 18.7. The van der Waals surface area contributed by atoms with E-state index in [2.05, 4.69) is 25.3 Å². The number of para-hydroxylation sites is 2. The second kappa shape index (κ2) is 10.6. The third kappa shape index (κ3) is 5.49. The quantitative estimate of drug-likeness (QED) is 0.215. The standard InChI is InChI=1S/C28H26N6O4S/c1-17-16-18(2)31-28(30-17)34-39(37,38)20-12-10-19(11-13-20)32-25-21-6-3-4-9-24(21)33-26-22(25)7-5-8-23(26)27(36)29-14-15-35/h3-13,16,35H,14-15H2,1-2H3,(H,29,36)(H,32,33)(H,30,31,34). The van der Waals surface area contributed by atoms with Gasteiger partial charge in [-0.3, -0.25) is 4.79 Å². The van der Waals surface area contributed by atoms with Crippen LogP contribution in [0.4, 0.5) is 17.3 Å². The van der Waals surface area contributed by atoms with Crippen molar-refractivity contribution < 1.29 is 18.3 Å². The van der Waals surface area contributed by atoms with Gasteiger partial charge in [0.05, 0.1) is 33.8 Å². The molecule has 0 unspecified atom stereocenters. The van der Waals surface area contributed by atoms with E-state index in [1.165, 1.54) is 12.1 Å². The highest BCUT2D eigenvalue weighted by Crippen LogP contribution is 2.34. The van der Waals surface area contributed by atoms with Crippen molar-refractivity contribution in [2.75, 3.05) is 23.2 Å². The predicted octanol–water partition coefficient (Wildman–Crippen LogP) is 4.06. The molecule has 3 aromatic carbocycles. The molecular weight excluding hydrogens is 516 g/mol. The Hall–Kier alpha value is -4.61. The van der Waals surface area contributed by atoms with Crippen LogP contribution in [0.15, 0.2) is 77.7 Å². The van der Waals surface area contributed by atoms with Crippen LogP contribution < -0.4 is 15.4 Å². The summed E-state index contributed by atoms with van der Waals surface area (Å²) in [5, 5.41) is 16.7. The highest BCUT2D eigenvalue weighted by molar-refractivity contribution is 7.92. The Balaban J connectivity index is 1.50. The van der Waals surface area contributed by atoms with Gasteiger partial charge in [-0.2, -0.15) is 0 Å². The second-order valence-electron chi connectivity index (χ2n) is 8.91. The molecule has 5 rings (SSSR count). The Morgan fingerprint density at radius 2 is 1.56 bits per heavy atom. The van der Waals surface area contributed by atoms with Gasteiger partial charge in [-0.1, -0.05) is 30.3 Å². The highest BCUT2D eigenvalue weighted by Gasteiger charge is 2.18. The number of carbonyl (C=O) groups excluding carboxylic acids is 1. The smallest absolute Gasteiger partial charge is 0.264 e. The van der Waals surface area contributed by atoms with Gasteiger partial charge < -0.3 is 15.7 Å². The maximum atomic E-state index is 12.9. The van der Waals surface area contributed by atoms with E-state index in [0.717, 1.165) is 16.5 Å². The zero-order valence-electron chi connectivity index (χ0n) is 21.3. The molecule has 0 aliphatic heterocycles. The number of pyridine rings is 1. The number of aryl methyl sites for hydroxylation is 2. The number of sulfonamides is 1. The maximum Gasteiger partial charge on any atom is 0.264 e. The molecule has 0 bridgehead atoms. The average molecular weight is 543 g/mol. The fourth-order valence-corrected chi connectivity index (χ4v) is 5.25. The van der Waals surface area contributed by atoms with E-state index >= 15 is 0 Å². The molecule has 198 valence electrons. The fraction of sp³-hybridized carbons (Fsp3) is 0.143. The summed E-state index contributed by atoms with van der Waals surface area (Å²) in [7, 11) is -3.90. The van der Waals surface area contributed by atoms with Gasteiger partial charge in [0.25, 0.3) is 15.9 Å². The molecule has 4 N–H and O–H groups in total. The molecule has 0 aliphatic rings. The minimum absolute atomic E-state index is 0.0169. The van der Waals surface area contributed by atoms with Gasteiger partial charge >= 0.3 is 0 Å². The topological polar surface area (TPSA) is 146 Å². The molecule has 2 heterocycles. The first-order valence-electron chi connectivity index (χ1n) is 12.2. The predicted molar refractivity (Wildman–Crippen MR) is 151 cm³/mol. The first-order valence-corrected chi connectivity index (χ1v) is 13.7. The van der Waals surface area contributed by atoms with Crippen LogP contribution in [0.25, 0.3) is 21.8 Å². The molecule has 0 radical (unpaired) electrons. The largest absolute Gasteiger partial charge is 0.395 e. The molecule has 0 aliphatic carbocycles. The minimum atomic E-state index is -3.90. The summed E-state index contributed by atoms with van der Waals surface area (Å²) >= 11 is 0.